The lowest BCUT2D eigenvalue weighted by atomic mass is 9.81. The second-order valence-corrected chi connectivity index (χ2v) is 4.71. The molecule has 1 fully saturated rings. The first kappa shape index (κ1) is 12.7. The molecule has 0 N–H and O–H groups in total. The third-order valence-electron chi connectivity index (χ3n) is 3.50. The van der Waals surface area contributed by atoms with Gasteiger partial charge in [0, 0.05) is 6.42 Å². The van der Waals surface area contributed by atoms with Crippen molar-refractivity contribution in [1.29, 1.82) is 0 Å². The van der Waals surface area contributed by atoms with Gasteiger partial charge in [-0.3, -0.25) is 9.59 Å². The molecule has 0 radical (unpaired) electrons. The van der Waals surface area contributed by atoms with E-state index >= 15 is 0 Å². The molecule has 7 heteroatoms. The number of hydroxylamine groups is 2. The number of alkyl halides is 2. The van der Waals surface area contributed by atoms with E-state index in [0.717, 1.165) is 0 Å². The van der Waals surface area contributed by atoms with Crippen LogP contribution in [0, 0.1) is 5.92 Å². The first-order valence-electron chi connectivity index (χ1n) is 5.99. The van der Waals surface area contributed by atoms with E-state index in [9.17, 15) is 23.2 Å². The van der Waals surface area contributed by atoms with Crippen LogP contribution in [0.3, 0.4) is 0 Å². The van der Waals surface area contributed by atoms with Crippen LogP contribution in [0.1, 0.15) is 33.6 Å². The number of hydrogen-bond donors (Lipinski definition) is 0. The lowest BCUT2D eigenvalue weighted by molar-refractivity contribution is -0.203. The molecule has 104 valence electrons. The van der Waals surface area contributed by atoms with Gasteiger partial charge in [0.25, 0.3) is 17.7 Å². The maximum Gasteiger partial charge on any atom is 0.342 e. The standard InChI is InChI=1S/C13H9F2NO4/c14-13(15)6-5-9(13)12(19)20-16-10(17)7-3-1-2-4-8(7)11(16)18/h1-4,9H,5-6H2. The molecule has 5 nitrogen and oxygen atoms in total. The fourth-order valence-corrected chi connectivity index (χ4v) is 2.20. The lowest BCUT2D eigenvalue weighted by Crippen LogP contribution is -2.47. The molecule has 1 aromatic carbocycles. The van der Waals surface area contributed by atoms with Gasteiger partial charge in [0.2, 0.25) is 0 Å². The molecule has 1 aliphatic heterocycles. The Morgan fingerprint density at radius 1 is 1.20 bits per heavy atom. The number of halogens is 2. The minimum absolute atomic E-state index is 0.0188. The topological polar surface area (TPSA) is 63.7 Å². The monoisotopic (exact) mass is 281 g/mol. The Bertz CT molecular complexity index is 594. The summed E-state index contributed by atoms with van der Waals surface area (Å²) in [5, 5.41) is 0.251. The van der Waals surface area contributed by atoms with E-state index in [1.165, 1.54) is 12.1 Å². The predicted molar refractivity (Wildman–Crippen MR) is 60.7 cm³/mol. The number of hydrogen-bond acceptors (Lipinski definition) is 4. The number of nitrogens with zero attached hydrogens (tertiary/aromatic N) is 1. The molecule has 0 bridgehead atoms. The summed E-state index contributed by atoms with van der Waals surface area (Å²) in [6.45, 7) is 0. The van der Waals surface area contributed by atoms with E-state index in [0.29, 0.717) is 0 Å². The number of fused-ring (bicyclic) bond motifs is 1. The van der Waals surface area contributed by atoms with Gasteiger partial charge in [0.05, 0.1) is 11.1 Å². The van der Waals surface area contributed by atoms with Crippen molar-refractivity contribution in [2.24, 2.45) is 5.92 Å². The highest BCUT2D eigenvalue weighted by atomic mass is 19.3. The van der Waals surface area contributed by atoms with Crippen LogP contribution in [0.4, 0.5) is 8.78 Å². The minimum Gasteiger partial charge on any atom is -0.329 e. The van der Waals surface area contributed by atoms with Gasteiger partial charge in [-0.2, -0.15) is 0 Å². The van der Waals surface area contributed by atoms with Gasteiger partial charge in [-0.25, -0.2) is 13.6 Å². The molecule has 1 unspecified atom stereocenters. The molecule has 0 aromatic heterocycles. The third kappa shape index (κ3) is 1.70. The SMILES string of the molecule is O=C(ON1C(=O)c2ccccc2C1=O)C1CCC1(F)F. The van der Waals surface area contributed by atoms with Crippen molar-refractivity contribution in [1.82, 2.24) is 5.06 Å². The van der Waals surface area contributed by atoms with Crippen LogP contribution >= 0.6 is 0 Å². The molecule has 0 saturated heterocycles. The number of amides is 2. The zero-order valence-electron chi connectivity index (χ0n) is 10.1. The second kappa shape index (κ2) is 4.09. The van der Waals surface area contributed by atoms with Crippen molar-refractivity contribution < 1.29 is 28.0 Å². The molecule has 1 saturated carbocycles. The molecule has 1 heterocycles. The summed E-state index contributed by atoms with van der Waals surface area (Å²) < 4.78 is 26.2. The van der Waals surface area contributed by atoms with Crippen LogP contribution in [-0.4, -0.2) is 28.8 Å². The van der Waals surface area contributed by atoms with Gasteiger partial charge in [0.1, 0.15) is 5.92 Å². The lowest BCUT2D eigenvalue weighted by Gasteiger charge is -2.34. The Labute approximate surface area is 112 Å². The summed E-state index contributed by atoms with van der Waals surface area (Å²) in [6.07, 6.45) is -0.413. The highest BCUT2D eigenvalue weighted by Crippen LogP contribution is 2.44. The van der Waals surface area contributed by atoms with Gasteiger partial charge in [-0.15, -0.1) is 0 Å². The maximum absolute atomic E-state index is 13.1. The van der Waals surface area contributed by atoms with Crippen molar-refractivity contribution in [3.63, 3.8) is 0 Å². The van der Waals surface area contributed by atoms with Crippen molar-refractivity contribution in [2.75, 3.05) is 0 Å². The summed E-state index contributed by atoms with van der Waals surface area (Å²) in [5.41, 5.74) is 0.177. The molecule has 3 rings (SSSR count). The van der Waals surface area contributed by atoms with E-state index in [1.54, 1.807) is 12.1 Å². The molecule has 2 amide bonds. The largest absolute Gasteiger partial charge is 0.342 e. The number of carbonyl (C=O) groups is 3. The Morgan fingerprint density at radius 3 is 2.15 bits per heavy atom. The average molecular weight is 281 g/mol. The summed E-state index contributed by atoms with van der Waals surface area (Å²) in [6, 6.07) is 5.91. The normalized spacial score (nSPS) is 23.3. The van der Waals surface area contributed by atoms with Crippen LogP contribution < -0.4 is 0 Å². The second-order valence-electron chi connectivity index (χ2n) is 4.71. The Kier molecular flexibility index (Phi) is 2.60. The van der Waals surface area contributed by atoms with E-state index in [4.69, 9.17) is 0 Å². The first-order chi connectivity index (χ1) is 9.42. The van der Waals surface area contributed by atoms with E-state index < -0.39 is 36.0 Å². The highest BCUT2D eigenvalue weighted by Gasteiger charge is 2.55. The fourth-order valence-electron chi connectivity index (χ4n) is 2.20. The molecular formula is C13H9F2NO4. The number of benzene rings is 1. The molecule has 1 aromatic rings. The van der Waals surface area contributed by atoms with Gasteiger partial charge in [0.15, 0.2) is 0 Å². The average Bonchev–Trinajstić information content (AvgIpc) is 2.63. The zero-order valence-corrected chi connectivity index (χ0v) is 10.1. The molecule has 20 heavy (non-hydrogen) atoms. The molecule has 1 aliphatic carbocycles. The number of rotatable bonds is 2. The van der Waals surface area contributed by atoms with Crippen LogP contribution in [0.15, 0.2) is 24.3 Å². The van der Waals surface area contributed by atoms with Crippen molar-refractivity contribution in [3.8, 4) is 0 Å². The number of carbonyl (C=O) groups excluding carboxylic acids is 3. The van der Waals surface area contributed by atoms with Crippen LogP contribution in [0.5, 0.6) is 0 Å². The van der Waals surface area contributed by atoms with Gasteiger partial charge < -0.3 is 4.84 Å². The summed E-state index contributed by atoms with van der Waals surface area (Å²) in [7, 11) is 0. The zero-order chi connectivity index (χ0) is 14.5. The Balaban J connectivity index is 1.79. The first-order valence-corrected chi connectivity index (χ1v) is 5.99. The summed E-state index contributed by atoms with van der Waals surface area (Å²) in [5.74, 6) is -7.61. The van der Waals surface area contributed by atoms with Crippen molar-refractivity contribution in [2.45, 2.75) is 18.8 Å². The quantitative estimate of drug-likeness (QED) is 0.775. The van der Waals surface area contributed by atoms with E-state index in [-0.39, 0.29) is 22.6 Å². The Morgan fingerprint density at radius 2 is 1.75 bits per heavy atom. The molecular weight excluding hydrogens is 272 g/mol. The van der Waals surface area contributed by atoms with Crippen LogP contribution in [0.25, 0.3) is 0 Å². The number of imide groups is 1. The highest BCUT2D eigenvalue weighted by molar-refractivity contribution is 6.20. The minimum atomic E-state index is -3.13. The van der Waals surface area contributed by atoms with E-state index in [2.05, 4.69) is 4.84 Å². The van der Waals surface area contributed by atoms with Crippen molar-refractivity contribution >= 4 is 17.8 Å². The van der Waals surface area contributed by atoms with Crippen LogP contribution in [0.2, 0.25) is 0 Å². The maximum atomic E-state index is 13.1. The fraction of sp³-hybridized carbons (Fsp3) is 0.308. The third-order valence-corrected chi connectivity index (χ3v) is 3.50. The predicted octanol–water partition coefficient (Wildman–Crippen LogP) is 1.79. The Hall–Kier alpha value is -2.31. The summed E-state index contributed by atoms with van der Waals surface area (Å²) in [4.78, 5) is 39.9. The van der Waals surface area contributed by atoms with Crippen molar-refractivity contribution in [3.05, 3.63) is 35.4 Å². The van der Waals surface area contributed by atoms with Gasteiger partial charge >= 0.3 is 5.97 Å². The van der Waals surface area contributed by atoms with E-state index in [1.807, 2.05) is 0 Å². The molecule has 1 atom stereocenters. The van der Waals surface area contributed by atoms with Gasteiger partial charge in [-0.05, 0) is 18.6 Å². The smallest absolute Gasteiger partial charge is 0.329 e. The van der Waals surface area contributed by atoms with Crippen LogP contribution in [-0.2, 0) is 9.63 Å². The summed E-state index contributed by atoms with van der Waals surface area (Å²) >= 11 is 0. The van der Waals surface area contributed by atoms with Gasteiger partial charge in [-0.1, -0.05) is 17.2 Å². The molecule has 2 aliphatic rings. The molecule has 0 spiro atoms.